The highest BCUT2D eigenvalue weighted by atomic mass is 32.1. The first kappa shape index (κ1) is 17.6. The Morgan fingerprint density at radius 3 is 2.70 bits per heavy atom. The number of aliphatic hydroxyl groups excluding tert-OH is 1. The fraction of sp³-hybridized carbons (Fsp3) is 0.471. The van der Waals surface area contributed by atoms with Gasteiger partial charge < -0.3 is 10.4 Å². The first-order valence-electron chi connectivity index (χ1n) is 7.65. The number of nitrogens with one attached hydrogen (secondary N) is 1. The molecule has 2 N–H and O–H groups in total. The van der Waals surface area contributed by atoms with E-state index in [4.69, 9.17) is 0 Å². The second-order valence-electron chi connectivity index (χ2n) is 6.56. The summed E-state index contributed by atoms with van der Waals surface area (Å²) in [6, 6.07) is 5.69. The van der Waals surface area contributed by atoms with E-state index >= 15 is 0 Å². The van der Waals surface area contributed by atoms with Gasteiger partial charge in [-0.2, -0.15) is 0 Å². The summed E-state index contributed by atoms with van der Waals surface area (Å²) in [5.41, 5.74) is 0.851. The summed E-state index contributed by atoms with van der Waals surface area (Å²) in [7, 11) is 0. The van der Waals surface area contributed by atoms with Crippen molar-refractivity contribution in [3.63, 3.8) is 0 Å². The van der Waals surface area contributed by atoms with Crippen molar-refractivity contribution >= 4 is 17.2 Å². The van der Waals surface area contributed by atoms with Crippen molar-refractivity contribution in [1.29, 1.82) is 0 Å². The first-order chi connectivity index (χ1) is 10.9. The number of aliphatic hydroxyl groups is 1. The maximum atomic E-state index is 12.2. The predicted molar refractivity (Wildman–Crippen MR) is 91.7 cm³/mol. The number of rotatable bonds is 6. The summed E-state index contributed by atoms with van der Waals surface area (Å²) >= 11 is 1.41. The molecular formula is C17H23N3O2S. The van der Waals surface area contributed by atoms with Crippen LogP contribution in [0.15, 0.2) is 30.6 Å². The highest BCUT2D eigenvalue weighted by Gasteiger charge is 2.20. The van der Waals surface area contributed by atoms with Crippen molar-refractivity contribution in [1.82, 2.24) is 15.3 Å². The monoisotopic (exact) mass is 333 g/mol. The highest BCUT2D eigenvalue weighted by Crippen LogP contribution is 2.26. The molecular weight excluding hydrogens is 310 g/mol. The van der Waals surface area contributed by atoms with Crippen LogP contribution in [0.1, 0.15) is 41.1 Å². The Bertz CT molecular complexity index is 635. The van der Waals surface area contributed by atoms with Gasteiger partial charge in [-0.1, -0.05) is 26.8 Å². The third kappa shape index (κ3) is 5.11. The third-order valence-corrected chi connectivity index (χ3v) is 4.83. The van der Waals surface area contributed by atoms with Crippen LogP contribution in [0.25, 0.3) is 0 Å². The zero-order chi connectivity index (χ0) is 16.9. The van der Waals surface area contributed by atoms with Crippen LogP contribution in [0.3, 0.4) is 0 Å². The molecule has 0 spiro atoms. The Balaban J connectivity index is 1.91. The first-order valence-corrected chi connectivity index (χ1v) is 8.47. The van der Waals surface area contributed by atoms with E-state index in [1.54, 1.807) is 12.4 Å². The summed E-state index contributed by atoms with van der Waals surface area (Å²) in [4.78, 5) is 21.4. The van der Waals surface area contributed by atoms with Crippen molar-refractivity contribution in [2.75, 3.05) is 13.2 Å². The van der Waals surface area contributed by atoms with E-state index in [2.05, 4.69) is 36.1 Å². The van der Waals surface area contributed by atoms with Crippen LogP contribution >= 0.6 is 11.3 Å². The molecule has 2 heterocycles. The molecule has 1 amide bonds. The molecule has 0 saturated heterocycles. The van der Waals surface area contributed by atoms with Gasteiger partial charge in [0.25, 0.3) is 5.91 Å². The number of pyridine rings is 1. The average molecular weight is 333 g/mol. The van der Waals surface area contributed by atoms with E-state index in [1.165, 1.54) is 11.3 Å². The summed E-state index contributed by atoms with van der Waals surface area (Å²) in [6.45, 7) is 6.63. The van der Waals surface area contributed by atoms with Crippen molar-refractivity contribution in [3.05, 3.63) is 46.2 Å². The average Bonchev–Trinajstić information content (AvgIpc) is 3.02. The van der Waals surface area contributed by atoms with E-state index in [1.807, 2.05) is 18.2 Å². The van der Waals surface area contributed by atoms with Crippen molar-refractivity contribution in [3.8, 4) is 0 Å². The van der Waals surface area contributed by atoms with Gasteiger partial charge in [0.05, 0.1) is 11.2 Å². The molecule has 0 fully saturated rings. The fourth-order valence-electron chi connectivity index (χ4n) is 2.07. The number of nitrogens with zero attached hydrogens (tertiary/aromatic N) is 2. The van der Waals surface area contributed by atoms with Gasteiger partial charge in [0.2, 0.25) is 0 Å². The SMILES string of the molecule is CC(C)(C)c1ncc(C(=O)NCC(CO)Cc2ccccn2)s1. The van der Waals surface area contributed by atoms with Gasteiger partial charge >= 0.3 is 0 Å². The van der Waals surface area contributed by atoms with Crippen molar-refractivity contribution in [2.45, 2.75) is 32.6 Å². The number of amides is 1. The van der Waals surface area contributed by atoms with Gasteiger partial charge in [-0.15, -0.1) is 11.3 Å². The number of carbonyl (C=O) groups excluding carboxylic acids is 1. The molecule has 0 aliphatic heterocycles. The minimum Gasteiger partial charge on any atom is -0.396 e. The predicted octanol–water partition coefficient (Wildman–Crippen LogP) is 2.42. The summed E-state index contributed by atoms with van der Waals surface area (Å²) in [5.74, 6) is -0.193. The number of hydrogen-bond donors (Lipinski definition) is 2. The van der Waals surface area contributed by atoms with Crippen molar-refractivity contribution < 1.29 is 9.90 Å². The molecule has 2 aromatic heterocycles. The molecule has 2 aromatic rings. The molecule has 0 radical (unpaired) electrons. The van der Waals surface area contributed by atoms with Gasteiger partial charge in [-0.05, 0) is 18.6 Å². The minimum absolute atomic E-state index is 0.00673. The molecule has 1 atom stereocenters. The van der Waals surface area contributed by atoms with Gasteiger partial charge in [0.15, 0.2) is 0 Å². The standard InChI is InChI=1S/C17H23N3O2S/c1-17(2,3)16-20-10-14(23-16)15(22)19-9-12(11-21)8-13-6-4-5-7-18-13/h4-7,10,12,21H,8-9,11H2,1-3H3,(H,19,22). The summed E-state index contributed by atoms with van der Waals surface area (Å²) in [5, 5.41) is 13.3. The van der Waals surface area contributed by atoms with E-state index in [9.17, 15) is 9.90 Å². The fourth-order valence-corrected chi connectivity index (χ4v) is 2.96. The van der Waals surface area contributed by atoms with E-state index in [0.717, 1.165) is 10.7 Å². The van der Waals surface area contributed by atoms with Crippen LogP contribution < -0.4 is 5.32 Å². The quantitative estimate of drug-likeness (QED) is 0.851. The van der Waals surface area contributed by atoms with Gasteiger partial charge in [-0.25, -0.2) is 4.98 Å². The molecule has 5 nitrogen and oxygen atoms in total. The summed E-state index contributed by atoms with van der Waals surface area (Å²) in [6.07, 6.45) is 3.98. The molecule has 2 rings (SSSR count). The lowest BCUT2D eigenvalue weighted by Crippen LogP contribution is -2.31. The van der Waals surface area contributed by atoms with Crippen LogP contribution in [0.2, 0.25) is 0 Å². The van der Waals surface area contributed by atoms with Crippen LogP contribution in [0.4, 0.5) is 0 Å². The van der Waals surface area contributed by atoms with Gasteiger partial charge in [-0.3, -0.25) is 9.78 Å². The molecule has 6 heteroatoms. The maximum Gasteiger partial charge on any atom is 0.263 e. The highest BCUT2D eigenvalue weighted by molar-refractivity contribution is 7.13. The van der Waals surface area contributed by atoms with Crippen LogP contribution in [-0.2, 0) is 11.8 Å². The topological polar surface area (TPSA) is 75.1 Å². The minimum atomic E-state index is -0.141. The van der Waals surface area contributed by atoms with Crippen molar-refractivity contribution in [2.24, 2.45) is 5.92 Å². The lowest BCUT2D eigenvalue weighted by atomic mass is 9.98. The second-order valence-corrected chi connectivity index (χ2v) is 7.59. The molecule has 23 heavy (non-hydrogen) atoms. The maximum absolute atomic E-state index is 12.2. The van der Waals surface area contributed by atoms with Crippen LogP contribution in [0, 0.1) is 5.92 Å². The summed E-state index contributed by atoms with van der Waals surface area (Å²) < 4.78 is 0. The zero-order valence-corrected chi connectivity index (χ0v) is 14.6. The molecule has 0 aliphatic rings. The largest absolute Gasteiger partial charge is 0.396 e. The molecule has 0 aromatic carbocycles. The van der Waals surface area contributed by atoms with Crippen LogP contribution in [-0.4, -0.2) is 34.1 Å². The van der Waals surface area contributed by atoms with Crippen LogP contribution in [0.5, 0.6) is 0 Å². The Hall–Kier alpha value is -1.79. The third-order valence-electron chi connectivity index (χ3n) is 3.40. The Morgan fingerprint density at radius 2 is 2.13 bits per heavy atom. The number of carbonyl (C=O) groups is 1. The number of thiazole rings is 1. The Morgan fingerprint density at radius 1 is 1.35 bits per heavy atom. The number of hydrogen-bond acceptors (Lipinski definition) is 5. The lowest BCUT2D eigenvalue weighted by molar-refractivity contribution is 0.0943. The second kappa shape index (κ2) is 7.66. The molecule has 0 bridgehead atoms. The normalized spacial score (nSPS) is 12.9. The van der Waals surface area contributed by atoms with E-state index < -0.39 is 0 Å². The van der Waals surface area contributed by atoms with E-state index in [0.29, 0.717) is 17.8 Å². The Labute approximate surface area is 140 Å². The van der Waals surface area contributed by atoms with Gasteiger partial charge in [0, 0.05) is 36.4 Å². The smallest absolute Gasteiger partial charge is 0.263 e. The molecule has 0 aliphatic carbocycles. The lowest BCUT2D eigenvalue weighted by Gasteiger charge is -2.14. The molecule has 0 saturated carbocycles. The molecule has 1 unspecified atom stereocenters. The van der Waals surface area contributed by atoms with Gasteiger partial charge in [0.1, 0.15) is 4.88 Å². The Kier molecular flexibility index (Phi) is 5.85. The van der Waals surface area contributed by atoms with E-state index in [-0.39, 0.29) is 23.8 Å². The zero-order valence-electron chi connectivity index (χ0n) is 13.7. The molecule has 124 valence electrons. The number of aromatic nitrogens is 2.